The molecule has 0 saturated carbocycles. The maximum atomic E-state index is 12.1. The molecule has 128 valence electrons. The van der Waals surface area contributed by atoms with Crippen LogP contribution in [0, 0.1) is 6.92 Å². The lowest BCUT2D eigenvalue weighted by Gasteiger charge is -2.24. The number of aryl methyl sites for hydroxylation is 1. The van der Waals surface area contributed by atoms with Gasteiger partial charge in [0.05, 0.1) is 24.3 Å². The summed E-state index contributed by atoms with van der Waals surface area (Å²) in [5, 5.41) is 2.62. The minimum atomic E-state index is -3.68. The molecule has 1 fully saturated rings. The number of nitrogens with one attached hydrogen (secondary N) is 1. The van der Waals surface area contributed by atoms with Gasteiger partial charge in [0.15, 0.2) is 9.84 Å². The second-order valence-corrected chi connectivity index (χ2v) is 9.94. The van der Waals surface area contributed by atoms with Crippen molar-refractivity contribution in [3.8, 4) is 0 Å². The summed E-state index contributed by atoms with van der Waals surface area (Å²) < 4.78 is 47.9. The molecular weight excluding hydrogens is 340 g/mol. The minimum Gasteiger partial charge on any atom is -0.325 e. The molecule has 0 spiro atoms. The van der Waals surface area contributed by atoms with Crippen molar-refractivity contribution in [2.24, 2.45) is 0 Å². The van der Waals surface area contributed by atoms with E-state index in [0.717, 1.165) is 16.1 Å². The molecule has 1 aliphatic rings. The van der Waals surface area contributed by atoms with Crippen molar-refractivity contribution in [3.63, 3.8) is 0 Å². The Hall–Kier alpha value is -1.45. The van der Waals surface area contributed by atoms with Gasteiger partial charge in [-0.2, -0.15) is 4.31 Å². The molecule has 0 bridgehead atoms. The second-order valence-electron chi connectivity index (χ2n) is 5.78. The predicted octanol–water partition coefficient (Wildman–Crippen LogP) is 0.382. The van der Waals surface area contributed by atoms with Gasteiger partial charge in [0.25, 0.3) is 0 Å². The third-order valence-corrected chi connectivity index (χ3v) is 6.71. The number of amides is 1. The number of anilines is 1. The summed E-state index contributed by atoms with van der Waals surface area (Å²) in [7, 11) is -6.92. The van der Waals surface area contributed by atoms with Crippen LogP contribution in [0.2, 0.25) is 0 Å². The smallest absolute Gasteiger partial charge is 0.239 e. The van der Waals surface area contributed by atoms with Crippen molar-refractivity contribution in [1.82, 2.24) is 4.31 Å². The minimum absolute atomic E-state index is 0.0523. The Morgan fingerprint density at radius 2 is 1.91 bits per heavy atom. The summed E-state index contributed by atoms with van der Waals surface area (Å²) in [6.07, 6.45) is 1.20. The van der Waals surface area contributed by atoms with Gasteiger partial charge < -0.3 is 5.32 Å². The van der Waals surface area contributed by atoms with Gasteiger partial charge in [0.2, 0.25) is 15.9 Å². The van der Waals surface area contributed by atoms with Crippen molar-refractivity contribution in [2.75, 3.05) is 29.6 Å². The lowest BCUT2D eigenvalue weighted by molar-refractivity contribution is -0.116. The lowest BCUT2D eigenvalue weighted by Crippen LogP contribution is -2.44. The highest BCUT2D eigenvalue weighted by Gasteiger charge is 2.37. The van der Waals surface area contributed by atoms with E-state index < -0.39 is 38.4 Å². The zero-order valence-electron chi connectivity index (χ0n) is 13.0. The molecule has 0 aromatic heterocycles. The van der Waals surface area contributed by atoms with Gasteiger partial charge in [-0.15, -0.1) is 0 Å². The number of nitrogens with zero attached hydrogens (tertiary/aromatic N) is 1. The van der Waals surface area contributed by atoms with E-state index in [4.69, 9.17) is 0 Å². The summed E-state index contributed by atoms with van der Waals surface area (Å²) in [5.41, 5.74) is 1.60. The molecule has 0 radical (unpaired) electrons. The fourth-order valence-corrected chi connectivity index (χ4v) is 5.40. The van der Waals surface area contributed by atoms with Crippen LogP contribution in [0.5, 0.6) is 0 Å². The van der Waals surface area contributed by atoms with Gasteiger partial charge in [-0.05, 0) is 25.5 Å². The maximum Gasteiger partial charge on any atom is 0.239 e. The van der Waals surface area contributed by atoms with Crippen molar-refractivity contribution in [3.05, 3.63) is 29.8 Å². The van der Waals surface area contributed by atoms with E-state index in [1.807, 2.05) is 19.1 Å². The zero-order valence-corrected chi connectivity index (χ0v) is 14.7. The van der Waals surface area contributed by atoms with Gasteiger partial charge in [-0.1, -0.05) is 17.7 Å². The number of carbonyl (C=O) groups is 1. The molecule has 1 aliphatic heterocycles. The van der Waals surface area contributed by atoms with Crippen LogP contribution in [0.1, 0.15) is 12.0 Å². The van der Waals surface area contributed by atoms with Crippen LogP contribution in [-0.4, -0.2) is 57.4 Å². The number of sulfonamides is 1. The van der Waals surface area contributed by atoms with Crippen molar-refractivity contribution in [2.45, 2.75) is 19.4 Å². The van der Waals surface area contributed by atoms with Crippen molar-refractivity contribution in [1.29, 1.82) is 0 Å². The largest absolute Gasteiger partial charge is 0.325 e. The molecule has 23 heavy (non-hydrogen) atoms. The Kier molecular flexibility index (Phi) is 5.12. The van der Waals surface area contributed by atoms with Gasteiger partial charge in [0, 0.05) is 11.7 Å². The summed E-state index contributed by atoms with van der Waals surface area (Å²) in [5.74, 6) is -0.787. The molecule has 1 aromatic carbocycles. The number of benzene rings is 1. The van der Waals surface area contributed by atoms with Crippen LogP contribution >= 0.6 is 0 Å². The summed E-state index contributed by atoms with van der Waals surface area (Å²) >= 11 is 0. The molecule has 1 saturated heterocycles. The number of carbonyl (C=O) groups excluding carboxylic acids is 1. The first-order valence-electron chi connectivity index (χ1n) is 7.10. The van der Waals surface area contributed by atoms with E-state index in [-0.39, 0.29) is 17.9 Å². The first kappa shape index (κ1) is 17.9. The fourth-order valence-electron chi connectivity index (χ4n) is 2.50. The Labute approximate surface area is 136 Å². The van der Waals surface area contributed by atoms with Gasteiger partial charge in [-0.25, -0.2) is 16.8 Å². The van der Waals surface area contributed by atoms with Crippen molar-refractivity contribution >= 4 is 31.5 Å². The normalized spacial score (nSPS) is 20.6. The maximum absolute atomic E-state index is 12.1. The summed E-state index contributed by atoms with van der Waals surface area (Å²) in [6.45, 7) is 1.52. The highest BCUT2D eigenvalue weighted by Crippen LogP contribution is 2.20. The van der Waals surface area contributed by atoms with Gasteiger partial charge in [0.1, 0.15) is 0 Å². The van der Waals surface area contributed by atoms with Crippen LogP contribution in [0.4, 0.5) is 5.69 Å². The highest BCUT2D eigenvalue weighted by molar-refractivity contribution is 7.92. The van der Waals surface area contributed by atoms with E-state index in [0.29, 0.717) is 5.69 Å². The molecule has 1 unspecified atom stereocenters. The van der Waals surface area contributed by atoms with Crippen LogP contribution in [0.25, 0.3) is 0 Å². The zero-order chi connectivity index (χ0) is 17.3. The average molecular weight is 360 g/mol. The van der Waals surface area contributed by atoms with Crippen LogP contribution < -0.4 is 5.32 Å². The summed E-state index contributed by atoms with van der Waals surface area (Å²) in [4.78, 5) is 12.1. The Morgan fingerprint density at radius 1 is 1.30 bits per heavy atom. The molecule has 7 nitrogen and oxygen atoms in total. The van der Waals surface area contributed by atoms with E-state index >= 15 is 0 Å². The third kappa shape index (κ3) is 5.02. The van der Waals surface area contributed by atoms with Crippen LogP contribution in [0.15, 0.2) is 24.3 Å². The van der Waals surface area contributed by atoms with E-state index in [2.05, 4.69) is 5.32 Å². The molecule has 2 rings (SSSR count). The topological polar surface area (TPSA) is 101 Å². The number of hydrogen-bond acceptors (Lipinski definition) is 5. The molecule has 1 N–H and O–H groups in total. The number of sulfone groups is 1. The molecule has 1 atom stereocenters. The highest BCUT2D eigenvalue weighted by atomic mass is 32.2. The molecule has 0 aliphatic carbocycles. The number of rotatable bonds is 5. The first-order valence-corrected chi connectivity index (χ1v) is 10.8. The molecular formula is C14H20N2O5S2. The van der Waals surface area contributed by atoms with Gasteiger partial charge in [-0.3, -0.25) is 4.79 Å². The van der Waals surface area contributed by atoms with Crippen LogP contribution in [-0.2, 0) is 24.7 Å². The number of hydrogen-bond donors (Lipinski definition) is 1. The fraction of sp³-hybridized carbons (Fsp3) is 0.500. The Balaban J connectivity index is 2.09. The molecule has 1 aromatic rings. The van der Waals surface area contributed by atoms with E-state index in [1.54, 1.807) is 12.1 Å². The van der Waals surface area contributed by atoms with E-state index in [1.165, 1.54) is 0 Å². The van der Waals surface area contributed by atoms with E-state index in [9.17, 15) is 21.6 Å². The Bertz CT molecular complexity index is 785. The molecule has 1 amide bonds. The van der Waals surface area contributed by atoms with Gasteiger partial charge >= 0.3 is 0 Å². The van der Waals surface area contributed by atoms with Crippen molar-refractivity contribution < 1.29 is 21.6 Å². The lowest BCUT2D eigenvalue weighted by atomic mass is 10.2. The SMILES string of the molecule is Cc1ccc(NC(=O)CN(C2CCS(=O)(=O)C2)S(C)(=O)=O)cc1. The quantitative estimate of drug-likeness (QED) is 0.818. The summed E-state index contributed by atoms with van der Waals surface area (Å²) in [6, 6.07) is 6.41. The van der Waals surface area contributed by atoms with Crippen LogP contribution in [0.3, 0.4) is 0 Å². The molecule has 1 heterocycles. The molecule has 9 heteroatoms. The first-order chi connectivity index (χ1) is 10.6. The average Bonchev–Trinajstić information content (AvgIpc) is 2.77. The third-order valence-electron chi connectivity index (χ3n) is 3.68. The standard InChI is InChI=1S/C14H20N2O5S2/c1-11-3-5-12(6-4-11)15-14(17)9-16(22(2,18)19)13-7-8-23(20,21)10-13/h3-6,13H,7-10H2,1-2H3,(H,15,17). The monoisotopic (exact) mass is 360 g/mol. The predicted molar refractivity (Wildman–Crippen MR) is 88.4 cm³/mol. The Morgan fingerprint density at radius 3 is 2.39 bits per heavy atom. The second kappa shape index (κ2) is 6.58.